The van der Waals surface area contributed by atoms with Crippen LogP contribution in [0.3, 0.4) is 0 Å². The molecule has 5 heteroatoms. The second-order valence-electron chi connectivity index (χ2n) is 5.11. The van der Waals surface area contributed by atoms with E-state index in [0.29, 0.717) is 6.04 Å². The number of rotatable bonds is 3. The Morgan fingerprint density at radius 2 is 2.06 bits per heavy atom. The maximum atomic E-state index is 12.1. The smallest absolute Gasteiger partial charge is 0.262 e. The van der Waals surface area contributed by atoms with Gasteiger partial charge in [-0.1, -0.05) is 0 Å². The lowest BCUT2D eigenvalue weighted by molar-refractivity contribution is 0.0912. The van der Waals surface area contributed by atoms with Crippen molar-refractivity contribution in [2.75, 3.05) is 13.1 Å². The molecule has 0 radical (unpaired) electrons. The largest absolute Gasteiger partial charge is 0.348 e. The van der Waals surface area contributed by atoms with E-state index in [1.165, 1.54) is 24.2 Å². The lowest BCUT2D eigenvalue weighted by Gasteiger charge is -2.32. The molecular formula is C13H17BrN2OS. The fraction of sp³-hybridized carbons (Fsp3) is 0.615. The molecule has 1 saturated carbocycles. The molecule has 0 bridgehead atoms. The number of nitrogens with one attached hydrogen (secondary N) is 1. The molecule has 0 unspecified atom stereocenters. The van der Waals surface area contributed by atoms with Crippen LogP contribution in [0.1, 0.15) is 35.4 Å². The molecular weight excluding hydrogens is 312 g/mol. The number of carbonyl (C=O) groups is 1. The van der Waals surface area contributed by atoms with Gasteiger partial charge in [0, 0.05) is 29.6 Å². The van der Waals surface area contributed by atoms with Crippen molar-refractivity contribution in [1.82, 2.24) is 10.2 Å². The van der Waals surface area contributed by atoms with Gasteiger partial charge in [0.15, 0.2) is 0 Å². The number of hydrogen-bond donors (Lipinski definition) is 1. The normalized spacial score (nSPS) is 22.1. The highest BCUT2D eigenvalue weighted by molar-refractivity contribution is 9.10. The van der Waals surface area contributed by atoms with Crippen molar-refractivity contribution in [1.29, 1.82) is 0 Å². The first-order chi connectivity index (χ1) is 8.74. The third kappa shape index (κ3) is 2.78. The van der Waals surface area contributed by atoms with Gasteiger partial charge in [0.05, 0.1) is 0 Å². The van der Waals surface area contributed by atoms with E-state index < -0.39 is 0 Å². The molecule has 0 atom stereocenters. The number of likely N-dealkylation sites (tertiary alicyclic amines) is 1. The van der Waals surface area contributed by atoms with E-state index in [9.17, 15) is 4.79 Å². The third-order valence-corrected chi connectivity index (χ3v) is 5.59. The summed E-state index contributed by atoms with van der Waals surface area (Å²) in [6.07, 6.45) is 4.93. The summed E-state index contributed by atoms with van der Waals surface area (Å²) in [4.78, 5) is 15.4. The van der Waals surface area contributed by atoms with Gasteiger partial charge in [-0.05, 0) is 53.1 Å². The lowest BCUT2D eigenvalue weighted by atomic mass is 10.0. The number of thiophene rings is 1. The summed E-state index contributed by atoms with van der Waals surface area (Å²) in [7, 11) is 0. The fourth-order valence-corrected chi connectivity index (χ4v) is 4.01. The number of carbonyl (C=O) groups excluding carboxylic acids is 1. The van der Waals surface area contributed by atoms with Crippen LogP contribution in [0, 0.1) is 0 Å². The number of hydrogen-bond acceptors (Lipinski definition) is 3. The van der Waals surface area contributed by atoms with Crippen molar-refractivity contribution < 1.29 is 4.79 Å². The first-order valence-electron chi connectivity index (χ1n) is 6.52. The summed E-state index contributed by atoms with van der Waals surface area (Å²) in [6.45, 7) is 2.28. The Morgan fingerprint density at radius 1 is 1.33 bits per heavy atom. The average Bonchev–Trinajstić information content (AvgIpc) is 3.12. The zero-order valence-corrected chi connectivity index (χ0v) is 12.6. The number of amides is 1. The van der Waals surface area contributed by atoms with Gasteiger partial charge in [-0.25, -0.2) is 0 Å². The Hall–Kier alpha value is -0.390. The first-order valence-corrected chi connectivity index (χ1v) is 8.19. The molecule has 1 aliphatic heterocycles. The Labute approximate surface area is 120 Å². The molecule has 1 aromatic rings. The minimum atomic E-state index is 0.0711. The van der Waals surface area contributed by atoms with E-state index in [1.807, 2.05) is 11.4 Å². The zero-order chi connectivity index (χ0) is 12.5. The molecule has 0 spiro atoms. The number of halogens is 1. The Bertz CT molecular complexity index is 436. The van der Waals surface area contributed by atoms with Crippen LogP contribution < -0.4 is 5.32 Å². The van der Waals surface area contributed by atoms with E-state index in [0.717, 1.165) is 41.3 Å². The molecule has 3 nitrogen and oxygen atoms in total. The molecule has 18 heavy (non-hydrogen) atoms. The maximum Gasteiger partial charge on any atom is 0.262 e. The van der Waals surface area contributed by atoms with E-state index in [1.54, 1.807) is 0 Å². The van der Waals surface area contributed by atoms with E-state index in [2.05, 4.69) is 26.1 Å². The van der Waals surface area contributed by atoms with Crippen molar-refractivity contribution in [3.05, 3.63) is 20.8 Å². The standard InChI is InChI=1S/C13H17BrN2OS/c14-11-5-8-18-12(11)13(17)15-9-3-6-16(7-4-9)10-1-2-10/h5,8-10H,1-4,6-7H2,(H,15,17). The molecule has 98 valence electrons. The van der Waals surface area contributed by atoms with Gasteiger partial charge in [0.1, 0.15) is 4.88 Å². The fourth-order valence-electron chi connectivity index (χ4n) is 2.56. The molecule has 2 heterocycles. The summed E-state index contributed by atoms with van der Waals surface area (Å²) < 4.78 is 0.903. The van der Waals surface area contributed by atoms with Gasteiger partial charge in [0.2, 0.25) is 0 Å². The Balaban J connectivity index is 1.51. The van der Waals surface area contributed by atoms with Crippen LogP contribution in [0.25, 0.3) is 0 Å². The summed E-state index contributed by atoms with van der Waals surface area (Å²) in [6, 6.07) is 3.13. The zero-order valence-electron chi connectivity index (χ0n) is 10.2. The van der Waals surface area contributed by atoms with Crippen LogP contribution in [0.2, 0.25) is 0 Å². The van der Waals surface area contributed by atoms with Crippen LogP contribution in [0.4, 0.5) is 0 Å². The molecule has 1 N–H and O–H groups in total. The molecule has 0 aromatic carbocycles. The second kappa shape index (κ2) is 5.31. The van der Waals surface area contributed by atoms with Crippen LogP contribution in [0.5, 0.6) is 0 Å². The van der Waals surface area contributed by atoms with E-state index in [-0.39, 0.29) is 5.91 Å². The topological polar surface area (TPSA) is 32.3 Å². The van der Waals surface area contributed by atoms with Crippen molar-refractivity contribution in [2.24, 2.45) is 0 Å². The second-order valence-corrected chi connectivity index (χ2v) is 6.88. The molecule has 1 saturated heterocycles. The summed E-state index contributed by atoms with van der Waals surface area (Å²) in [5.74, 6) is 0.0711. The molecule has 2 aliphatic rings. The summed E-state index contributed by atoms with van der Waals surface area (Å²) >= 11 is 4.90. The van der Waals surface area contributed by atoms with Crippen LogP contribution in [-0.4, -0.2) is 36.0 Å². The van der Waals surface area contributed by atoms with Gasteiger partial charge in [0.25, 0.3) is 5.91 Å². The number of nitrogens with zero attached hydrogens (tertiary/aromatic N) is 1. The Kier molecular flexibility index (Phi) is 3.73. The van der Waals surface area contributed by atoms with Gasteiger partial charge < -0.3 is 10.2 Å². The molecule has 2 fully saturated rings. The summed E-state index contributed by atoms with van der Waals surface area (Å²) in [5.41, 5.74) is 0. The minimum Gasteiger partial charge on any atom is -0.348 e. The Morgan fingerprint density at radius 3 is 2.61 bits per heavy atom. The molecule has 1 aliphatic carbocycles. The molecule has 1 amide bonds. The van der Waals surface area contributed by atoms with E-state index in [4.69, 9.17) is 0 Å². The summed E-state index contributed by atoms with van der Waals surface area (Å²) in [5, 5.41) is 5.10. The predicted molar refractivity (Wildman–Crippen MR) is 77.1 cm³/mol. The highest BCUT2D eigenvalue weighted by atomic mass is 79.9. The first kappa shape index (κ1) is 12.6. The number of piperidine rings is 1. The van der Waals surface area contributed by atoms with Gasteiger partial charge in [-0.3, -0.25) is 4.79 Å². The third-order valence-electron chi connectivity index (χ3n) is 3.75. The average molecular weight is 329 g/mol. The van der Waals surface area contributed by atoms with Crippen molar-refractivity contribution >= 4 is 33.2 Å². The lowest BCUT2D eigenvalue weighted by Crippen LogP contribution is -2.45. The van der Waals surface area contributed by atoms with E-state index >= 15 is 0 Å². The van der Waals surface area contributed by atoms with Gasteiger partial charge in [-0.2, -0.15) is 0 Å². The van der Waals surface area contributed by atoms with Crippen LogP contribution in [0.15, 0.2) is 15.9 Å². The van der Waals surface area contributed by atoms with Crippen LogP contribution in [-0.2, 0) is 0 Å². The minimum absolute atomic E-state index is 0.0711. The maximum absolute atomic E-state index is 12.1. The predicted octanol–water partition coefficient (Wildman–Crippen LogP) is 2.87. The van der Waals surface area contributed by atoms with Crippen LogP contribution >= 0.6 is 27.3 Å². The van der Waals surface area contributed by atoms with Crippen molar-refractivity contribution in [3.63, 3.8) is 0 Å². The molecule has 1 aromatic heterocycles. The van der Waals surface area contributed by atoms with Gasteiger partial charge >= 0.3 is 0 Å². The highest BCUT2D eigenvalue weighted by Crippen LogP contribution is 2.29. The quantitative estimate of drug-likeness (QED) is 0.925. The monoisotopic (exact) mass is 328 g/mol. The highest BCUT2D eigenvalue weighted by Gasteiger charge is 2.32. The SMILES string of the molecule is O=C(NC1CCN(C2CC2)CC1)c1sccc1Br. The molecule has 3 rings (SSSR count). The van der Waals surface area contributed by atoms with Gasteiger partial charge in [-0.15, -0.1) is 11.3 Å². The van der Waals surface area contributed by atoms with Crippen molar-refractivity contribution in [2.45, 2.75) is 37.8 Å². The van der Waals surface area contributed by atoms with Crippen molar-refractivity contribution in [3.8, 4) is 0 Å².